The van der Waals surface area contributed by atoms with Gasteiger partial charge in [-0.05, 0) is 12.1 Å². The van der Waals surface area contributed by atoms with Crippen LogP contribution in [0.5, 0.6) is 0 Å². The first kappa shape index (κ1) is 18.2. The smallest absolute Gasteiger partial charge is 0.666 e. The van der Waals surface area contributed by atoms with E-state index in [0.29, 0.717) is 0 Å². The van der Waals surface area contributed by atoms with Crippen molar-refractivity contribution in [1.82, 2.24) is 0 Å². The molecule has 0 aromatic rings. The molecule has 0 saturated carbocycles. The van der Waals surface area contributed by atoms with Crippen LogP contribution in [0.15, 0.2) is 0 Å². The number of nitrogens with one attached hydrogen (secondary N) is 2. The van der Waals surface area contributed by atoms with Crippen LogP contribution in [0, 0.1) is 0 Å². The van der Waals surface area contributed by atoms with Gasteiger partial charge in [-0.3, -0.25) is 9.59 Å². The van der Waals surface area contributed by atoms with Gasteiger partial charge in [0.25, 0.3) is 11.9 Å². The summed E-state index contributed by atoms with van der Waals surface area (Å²) in [5.41, 5.74) is 12.9. The molecule has 0 heterocycles. The van der Waals surface area contributed by atoms with Crippen LogP contribution in [0.4, 0.5) is 0 Å². The molecule has 0 bridgehead atoms. The average molecular weight is 240 g/mol. The van der Waals surface area contributed by atoms with E-state index >= 15 is 0 Å². The summed E-state index contributed by atoms with van der Waals surface area (Å²) in [5.74, 6) is -2.15. The van der Waals surface area contributed by atoms with Gasteiger partial charge in [-0.15, -0.1) is 0 Å². The maximum atomic E-state index is 9.51. The second-order valence-corrected chi connectivity index (χ2v) is 2.12. The number of rotatable bonds is 2. The number of carbonyl (C=O) groups is 2. The third kappa shape index (κ3) is 18.4. The molecule has 4 N–H and O–H groups in total. The SMILES string of the molecule is CC([NH-])C(=O)O.CC([NH-])C(=O)O.[Cu+2]. The molecular formula is C6H12CuN2O4. The summed E-state index contributed by atoms with van der Waals surface area (Å²) >= 11 is 0. The largest absolute Gasteiger partial charge is 2.00 e. The normalized spacial score (nSPS) is 12.6. The first-order chi connectivity index (χ1) is 5.29. The predicted octanol–water partition coefficient (Wildman–Crippen LogP) is 1.02. The molecule has 1 radical (unpaired) electrons. The Balaban J connectivity index is -0.000000143. The molecule has 0 aliphatic heterocycles. The Labute approximate surface area is 86.8 Å². The topological polar surface area (TPSA) is 122 Å². The fraction of sp³-hybridized carbons (Fsp3) is 0.667. The Morgan fingerprint density at radius 2 is 1.08 bits per heavy atom. The maximum absolute atomic E-state index is 9.51. The molecule has 0 aromatic carbocycles. The Kier molecular flexibility index (Phi) is 13.3. The van der Waals surface area contributed by atoms with Gasteiger partial charge in [0.15, 0.2) is 0 Å². The molecular weight excluding hydrogens is 228 g/mol. The molecule has 0 fully saturated rings. The fourth-order valence-electron chi connectivity index (χ4n) is 0. The molecule has 7 heteroatoms. The zero-order valence-electron chi connectivity index (χ0n) is 7.17. The van der Waals surface area contributed by atoms with Crippen molar-refractivity contribution in [3.8, 4) is 0 Å². The third-order valence-electron chi connectivity index (χ3n) is 0.741. The van der Waals surface area contributed by atoms with Crippen LogP contribution >= 0.6 is 0 Å². The molecule has 0 saturated heterocycles. The minimum Gasteiger partial charge on any atom is -0.666 e. The van der Waals surface area contributed by atoms with E-state index in [1.54, 1.807) is 0 Å². The van der Waals surface area contributed by atoms with Gasteiger partial charge in [0.1, 0.15) is 0 Å². The first-order valence-electron chi connectivity index (χ1n) is 3.16. The van der Waals surface area contributed by atoms with E-state index in [1.807, 2.05) is 0 Å². The van der Waals surface area contributed by atoms with Gasteiger partial charge < -0.3 is 21.7 Å². The van der Waals surface area contributed by atoms with Crippen molar-refractivity contribution in [2.45, 2.75) is 25.9 Å². The molecule has 0 rings (SSSR count). The van der Waals surface area contributed by atoms with Crippen LogP contribution in [0.3, 0.4) is 0 Å². The monoisotopic (exact) mass is 239 g/mol. The van der Waals surface area contributed by atoms with Crippen LogP contribution in [0.2, 0.25) is 0 Å². The molecule has 2 atom stereocenters. The fourth-order valence-corrected chi connectivity index (χ4v) is 0. The Bertz CT molecular complexity index is 143. The van der Waals surface area contributed by atoms with Crippen LogP contribution < -0.4 is 0 Å². The van der Waals surface area contributed by atoms with Gasteiger partial charge in [-0.1, -0.05) is 13.8 Å². The quantitative estimate of drug-likeness (QED) is 0.699. The molecule has 0 amide bonds. The summed E-state index contributed by atoms with van der Waals surface area (Å²) in [5, 5.41) is 15.6. The van der Waals surface area contributed by atoms with E-state index in [1.165, 1.54) is 13.8 Å². The van der Waals surface area contributed by atoms with E-state index in [4.69, 9.17) is 21.7 Å². The Hall–Kier alpha value is -0.621. The summed E-state index contributed by atoms with van der Waals surface area (Å²) in [6.07, 6.45) is 0. The third-order valence-corrected chi connectivity index (χ3v) is 0.741. The zero-order chi connectivity index (χ0) is 10.3. The molecule has 81 valence electrons. The predicted molar refractivity (Wildman–Crippen MR) is 42.8 cm³/mol. The minimum absolute atomic E-state index is 0. The number of carboxylic acids is 2. The van der Waals surface area contributed by atoms with Gasteiger partial charge in [0.2, 0.25) is 0 Å². The summed E-state index contributed by atoms with van der Waals surface area (Å²) in [6.45, 7) is 2.62. The summed E-state index contributed by atoms with van der Waals surface area (Å²) < 4.78 is 0. The summed E-state index contributed by atoms with van der Waals surface area (Å²) in [6, 6.07) is -1.96. The molecule has 0 aliphatic carbocycles. The van der Waals surface area contributed by atoms with Gasteiger partial charge in [-0.2, -0.15) is 0 Å². The van der Waals surface area contributed by atoms with Gasteiger partial charge in [0.05, 0.1) is 0 Å². The van der Waals surface area contributed by atoms with Crippen molar-refractivity contribution in [3.05, 3.63) is 11.5 Å². The second kappa shape index (κ2) is 9.47. The van der Waals surface area contributed by atoms with Gasteiger partial charge in [-0.25, -0.2) is 0 Å². The molecule has 6 nitrogen and oxygen atoms in total. The second-order valence-electron chi connectivity index (χ2n) is 2.12. The van der Waals surface area contributed by atoms with Crippen LogP contribution in [-0.2, 0) is 26.7 Å². The van der Waals surface area contributed by atoms with Gasteiger partial charge in [0, 0.05) is 0 Å². The van der Waals surface area contributed by atoms with Crippen molar-refractivity contribution in [2.75, 3.05) is 0 Å². The molecule has 0 spiro atoms. The van der Waals surface area contributed by atoms with Crippen molar-refractivity contribution in [3.63, 3.8) is 0 Å². The zero-order valence-corrected chi connectivity index (χ0v) is 8.11. The average Bonchev–Trinajstić information content (AvgIpc) is 1.88. The molecule has 2 unspecified atom stereocenters. The van der Waals surface area contributed by atoms with Crippen molar-refractivity contribution < 1.29 is 36.9 Å². The van der Waals surface area contributed by atoms with Crippen molar-refractivity contribution in [2.24, 2.45) is 0 Å². The van der Waals surface area contributed by atoms with Gasteiger partial charge >= 0.3 is 17.1 Å². The van der Waals surface area contributed by atoms with Crippen molar-refractivity contribution >= 4 is 11.9 Å². The number of hydrogen-bond donors (Lipinski definition) is 2. The Morgan fingerprint density at radius 3 is 1.08 bits per heavy atom. The van der Waals surface area contributed by atoms with E-state index in [9.17, 15) is 9.59 Å². The maximum Gasteiger partial charge on any atom is 2.00 e. The van der Waals surface area contributed by atoms with E-state index in [-0.39, 0.29) is 17.1 Å². The number of carboxylic acid groups (broad SMARTS) is 2. The van der Waals surface area contributed by atoms with E-state index < -0.39 is 24.0 Å². The summed E-state index contributed by atoms with van der Waals surface area (Å²) in [4.78, 5) is 19.0. The molecule has 0 aromatic heterocycles. The van der Waals surface area contributed by atoms with Crippen molar-refractivity contribution in [1.29, 1.82) is 0 Å². The first-order valence-corrected chi connectivity index (χ1v) is 3.16. The van der Waals surface area contributed by atoms with Crippen LogP contribution in [-0.4, -0.2) is 34.2 Å². The van der Waals surface area contributed by atoms with E-state index in [0.717, 1.165) is 0 Å². The van der Waals surface area contributed by atoms with Crippen LogP contribution in [0.25, 0.3) is 11.5 Å². The standard InChI is InChI=1S/2C3H6NO2.Cu/c2*1-2(4)3(5)6;/h2*2,4H,1H3,(H,5,6);/q2*-1;+2. The number of aliphatic carboxylic acids is 2. The molecule has 13 heavy (non-hydrogen) atoms. The summed E-state index contributed by atoms with van der Waals surface area (Å²) in [7, 11) is 0. The van der Waals surface area contributed by atoms with E-state index in [2.05, 4.69) is 0 Å². The number of hydrogen-bond acceptors (Lipinski definition) is 2. The minimum atomic E-state index is -1.07. The Morgan fingerprint density at radius 1 is 1.00 bits per heavy atom. The molecule has 0 aliphatic rings. The van der Waals surface area contributed by atoms with Crippen LogP contribution in [0.1, 0.15) is 13.8 Å².